The van der Waals surface area contributed by atoms with E-state index in [-0.39, 0.29) is 5.82 Å². The molecule has 0 saturated carbocycles. The van der Waals surface area contributed by atoms with E-state index in [9.17, 15) is 4.39 Å². The van der Waals surface area contributed by atoms with Gasteiger partial charge in [-0.3, -0.25) is 0 Å². The van der Waals surface area contributed by atoms with Crippen molar-refractivity contribution in [2.45, 2.75) is 39.2 Å². The molecule has 0 aliphatic heterocycles. The van der Waals surface area contributed by atoms with E-state index in [1.54, 1.807) is 6.07 Å². The van der Waals surface area contributed by atoms with Gasteiger partial charge in [0.05, 0.1) is 18.2 Å². The minimum Gasteiger partial charge on any atom is -0.377 e. The van der Waals surface area contributed by atoms with Gasteiger partial charge in [-0.2, -0.15) is 5.26 Å². The monoisotopic (exact) mass is 235 g/mol. The van der Waals surface area contributed by atoms with Gasteiger partial charge >= 0.3 is 0 Å². The Morgan fingerprint density at radius 1 is 1.24 bits per heavy atom. The van der Waals surface area contributed by atoms with Crippen LogP contribution in [0.15, 0.2) is 18.2 Å². The van der Waals surface area contributed by atoms with E-state index in [0.29, 0.717) is 18.8 Å². The Morgan fingerprint density at radius 2 is 2.06 bits per heavy atom. The molecule has 1 aromatic rings. The Labute approximate surface area is 102 Å². The Morgan fingerprint density at radius 3 is 2.76 bits per heavy atom. The normalized spacial score (nSPS) is 10.2. The van der Waals surface area contributed by atoms with Crippen LogP contribution in [0.1, 0.15) is 43.7 Å². The topological polar surface area (TPSA) is 33.0 Å². The summed E-state index contributed by atoms with van der Waals surface area (Å²) in [7, 11) is 0. The molecule has 0 radical (unpaired) electrons. The van der Waals surface area contributed by atoms with Crippen LogP contribution in [0.5, 0.6) is 0 Å². The molecule has 0 aliphatic rings. The van der Waals surface area contributed by atoms with Crippen molar-refractivity contribution < 1.29 is 9.13 Å². The number of nitriles is 1. The number of benzene rings is 1. The molecule has 0 atom stereocenters. The van der Waals surface area contributed by atoms with Crippen LogP contribution in [0.2, 0.25) is 0 Å². The third-order valence-corrected chi connectivity index (χ3v) is 2.50. The summed E-state index contributed by atoms with van der Waals surface area (Å²) in [6.45, 7) is 3.23. The van der Waals surface area contributed by atoms with Crippen molar-refractivity contribution in [1.29, 1.82) is 5.26 Å². The van der Waals surface area contributed by atoms with Crippen LogP contribution >= 0.6 is 0 Å². The number of unbranched alkanes of at least 4 members (excludes halogenated alkanes) is 3. The third-order valence-electron chi connectivity index (χ3n) is 2.50. The average Bonchev–Trinajstić information content (AvgIpc) is 2.33. The molecule has 1 rings (SSSR count). The lowest BCUT2D eigenvalue weighted by Gasteiger charge is -2.05. The zero-order valence-corrected chi connectivity index (χ0v) is 10.2. The lowest BCUT2D eigenvalue weighted by atomic mass is 10.1. The SMILES string of the molecule is CCCCCCOCc1cc(F)cc(C#N)c1. The van der Waals surface area contributed by atoms with Crippen molar-refractivity contribution in [3.63, 3.8) is 0 Å². The Bertz CT molecular complexity index is 384. The molecular weight excluding hydrogens is 217 g/mol. The molecule has 0 fully saturated rings. The van der Waals surface area contributed by atoms with Gasteiger partial charge in [-0.25, -0.2) is 4.39 Å². The van der Waals surface area contributed by atoms with Gasteiger partial charge in [0.1, 0.15) is 5.82 Å². The van der Waals surface area contributed by atoms with Gasteiger partial charge in [0.15, 0.2) is 0 Å². The number of hydrogen-bond acceptors (Lipinski definition) is 2. The minimum absolute atomic E-state index is 0.342. The molecule has 0 aliphatic carbocycles. The van der Waals surface area contributed by atoms with E-state index >= 15 is 0 Å². The van der Waals surface area contributed by atoms with E-state index in [1.807, 2.05) is 6.07 Å². The van der Waals surface area contributed by atoms with Gasteiger partial charge in [0.2, 0.25) is 0 Å². The summed E-state index contributed by atoms with van der Waals surface area (Å²) in [6, 6.07) is 6.23. The average molecular weight is 235 g/mol. The smallest absolute Gasteiger partial charge is 0.124 e. The van der Waals surface area contributed by atoms with E-state index < -0.39 is 0 Å². The molecular formula is C14H18FNO. The number of halogens is 1. The predicted molar refractivity (Wildman–Crippen MR) is 64.9 cm³/mol. The second-order valence-corrected chi connectivity index (χ2v) is 4.07. The van der Waals surface area contributed by atoms with Crippen molar-refractivity contribution in [3.05, 3.63) is 35.1 Å². The second kappa shape index (κ2) is 7.81. The minimum atomic E-state index is -0.381. The van der Waals surface area contributed by atoms with Crippen molar-refractivity contribution in [2.75, 3.05) is 6.61 Å². The Hall–Kier alpha value is -1.40. The number of rotatable bonds is 7. The molecule has 0 aromatic heterocycles. The fourth-order valence-corrected chi connectivity index (χ4v) is 1.62. The molecule has 0 bridgehead atoms. The molecule has 2 nitrogen and oxygen atoms in total. The molecule has 0 heterocycles. The van der Waals surface area contributed by atoms with Gasteiger partial charge in [0.25, 0.3) is 0 Å². The number of hydrogen-bond donors (Lipinski definition) is 0. The highest BCUT2D eigenvalue weighted by molar-refractivity contribution is 5.33. The van der Waals surface area contributed by atoms with Gasteiger partial charge < -0.3 is 4.74 Å². The third kappa shape index (κ3) is 5.46. The Balaban J connectivity index is 2.32. The van der Waals surface area contributed by atoms with Crippen LogP contribution in [0.4, 0.5) is 4.39 Å². The summed E-state index contributed by atoms with van der Waals surface area (Å²) >= 11 is 0. The molecule has 0 spiro atoms. The van der Waals surface area contributed by atoms with Gasteiger partial charge in [0, 0.05) is 6.61 Å². The first-order chi connectivity index (χ1) is 8.26. The number of nitrogens with zero attached hydrogens (tertiary/aromatic N) is 1. The van der Waals surface area contributed by atoms with Crippen molar-refractivity contribution in [2.24, 2.45) is 0 Å². The number of ether oxygens (including phenoxy) is 1. The first-order valence-electron chi connectivity index (χ1n) is 6.03. The summed E-state index contributed by atoms with van der Waals surface area (Å²) in [6.07, 6.45) is 4.63. The van der Waals surface area contributed by atoms with Crippen LogP contribution in [0.3, 0.4) is 0 Å². The lowest BCUT2D eigenvalue weighted by molar-refractivity contribution is 0.116. The molecule has 0 unspecified atom stereocenters. The lowest BCUT2D eigenvalue weighted by Crippen LogP contribution is -1.97. The van der Waals surface area contributed by atoms with Crippen LogP contribution in [-0.2, 0) is 11.3 Å². The van der Waals surface area contributed by atoms with Crippen molar-refractivity contribution >= 4 is 0 Å². The summed E-state index contributed by atoms with van der Waals surface area (Å²) in [5.74, 6) is -0.381. The van der Waals surface area contributed by atoms with E-state index in [2.05, 4.69) is 6.92 Å². The first-order valence-corrected chi connectivity index (χ1v) is 6.03. The zero-order valence-electron chi connectivity index (χ0n) is 10.2. The van der Waals surface area contributed by atoms with Gasteiger partial charge in [-0.1, -0.05) is 26.2 Å². The maximum Gasteiger partial charge on any atom is 0.124 e. The largest absolute Gasteiger partial charge is 0.377 e. The van der Waals surface area contributed by atoms with Gasteiger partial charge in [-0.05, 0) is 30.2 Å². The Kier molecular flexibility index (Phi) is 6.27. The first kappa shape index (κ1) is 13.7. The molecule has 0 amide bonds. The summed E-state index contributed by atoms with van der Waals surface area (Å²) in [5.41, 5.74) is 1.06. The summed E-state index contributed by atoms with van der Waals surface area (Å²) in [5, 5.41) is 8.70. The second-order valence-electron chi connectivity index (χ2n) is 4.07. The van der Waals surface area contributed by atoms with Crippen LogP contribution in [0.25, 0.3) is 0 Å². The van der Waals surface area contributed by atoms with Gasteiger partial charge in [-0.15, -0.1) is 0 Å². The molecule has 3 heteroatoms. The zero-order chi connectivity index (χ0) is 12.5. The highest BCUT2D eigenvalue weighted by Gasteiger charge is 2.00. The van der Waals surface area contributed by atoms with E-state index in [4.69, 9.17) is 10.00 Å². The standard InChI is InChI=1S/C14H18FNO/c1-2-3-4-5-6-17-11-13-7-12(10-16)8-14(15)9-13/h7-9H,2-6,11H2,1H3. The molecule has 0 N–H and O–H groups in total. The highest BCUT2D eigenvalue weighted by Crippen LogP contribution is 2.10. The predicted octanol–water partition coefficient (Wildman–Crippen LogP) is 3.79. The fraction of sp³-hybridized carbons (Fsp3) is 0.500. The van der Waals surface area contributed by atoms with Crippen molar-refractivity contribution in [3.8, 4) is 6.07 Å². The quantitative estimate of drug-likeness (QED) is 0.673. The maximum atomic E-state index is 13.1. The van der Waals surface area contributed by atoms with Crippen LogP contribution in [-0.4, -0.2) is 6.61 Å². The fourth-order valence-electron chi connectivity index (χ4n) is 1.62. The van der Waals surface area contributed by atoms with E-state index in [1.165, 1.54) is 31.4 Å². The molecule has 17 heavy (non-hydrogen) atoms. The molecule has 0 saturated heterocycles. The summed E-state index contributed by atoms with van der Waals surface area (Å²) < 4.78 is 18.5. The molecule has 1 aromatic carbocycles. The summed E-state index contributed by atoms with van der Waals surface area (Å²) in [4.78, 5) is 0. The van der Waals surface area contributed by atoms with Crippen LogP contribution < -0.4 is 0 Å². The van der Waals surface area contributed by atoms with Crippen molar-refractivity contribution in [1.82, 2.24) is 0 Å². The highest BCUT2D eigenvalue weighted by atomic mass is 19.1. The molecule has 92 valence electrons. The van der Waals surface area contributed by atoms with E-state index in [0.717, 1.165) is 12.0 Å². The van der Waals surface area contributed by atoms with Crippen LogP contribution in [0, 0.1) is 17.1 Å². The maximum absolute atomic E-state index is 13.1.